The Kier molecular flexibility index (Phi) is 5.32. The molecule has 2 saturated carbocycles. The van der Waals surface area contributed by atoms with E-state index in [9.17, 15) is 0 Å². The van der Waals surface area contributed by atoms with Crippen molar-refractivity contribution in [1.29, 1.82) is 0 Å². The van der Waals surface area contributed by atoms with Gasteiger partial charge in [-0.05, 0) is 73.2 Å². The molecule has 7 rings (SSSR count). The van der Waals surface area contributed by atoms with Crippen molar-refractivity contribution in [3.05, 3.63) is 41.5 Å². The number of hydrogen-bond donors (Lipinski definition) is 2. The molecule has 0 amide bonds. The lowest BCUT2D eigenvalue weighted by molar-refractivity contribution is 0.135. The lowest BCUT2D eigenvalue weighted by Gasteiger charge is -2.41. The Balaban J connectivity index is 1.02. The second kappa shape index (κ2) is 8.70. The van der Waals surface area contributed by atoms with E-state index in [0.29, 0.717) is 11.8 Å². The first kappa shape index (κ1) is 22.0. The number of rotatable bonds is 5. The van der Waals surface area contributed by atoms with Crippen LogP contribution in [0, 0.1) is 18.8 Å². The van der Waals surface area contributed by atoms with Crippen LogP contribution in [0.1, 0.15) is 31.2 Å². The fraction of sp³-hybridized carbons (Fsp3) is 0.462. The lowest BCUT2D eigenvalue weighted by atomic mass is 9.93. The van der Waals surface area contributed by atoms with Gasteiger partial charge in [0.2, 0.25) is 11.9 Å². The van der Waals surface area contributed by atoms with Crippen molar-refractivity contribution in [2.75, 3.05) is 42.1 Å². The van der Waals surface area contributed by atoms with Gasteiger partial charge >= 0.3 is 0 Å². The molecule has 4 heterocycles. The fourth-order valence-electron chi connectivity index (χ4n) is 6.50. The zero-order chi connectivity index (χ0) is 24.2. The summed E-state index contributed by atoms with van der Waals surface area (Å²) in [5, 5.41) is 9.93. The van der Waals surface area contributed by atoms with Crippen LogP contribution >= 0.6 is 11.3 Å². The van der Waals surface area contributed by atoms with Gasteiger partial charge < -0.3 is 16.0 Å². The fourth-order valence-corrected chi connectivity index (χ4v) is 7.47. The van der Waals surface area contributed by atoms with Gasteiger partial charge in [0.15, 0.2) is 5.82 Å². The van der Waals surface area contributed by atoms with Crippen molar-refractivity contribution in [3.8, 4) is 5.82 Å². The standard InChI is InChI=1S/C26H31N9S/c1-16-14-36-23-22(16)28-15-29-24(23)35-25(27)31-26(32-35)30-19-4-6-20(7-5-19)33-8-10-34(11-9-33)21-13-17-2-3-18(21)12-17/h4-7,14-15,17-18,21H,2-3,8-13H2,1H3,(H3,27,30,31,32)/t17-,18+,21+/m1/s1. The van der Waals surface area contributed by atoms with Crippen molar-refractivity contribution in [1.82, 2.24) is 29.6 Å². The third-order valence-corrected chi connectivity index (χ3v) is 9.40. The summed E-state index contributed by atoms with van der Waals surface area (Å²) in [7, 11) is 0. The van der Waals surface area contributed by atoms with Crippen LogP contribution in [-0.4, -0.2) is 61.9 Å². The minimum Gasteiger partial charge on any atom is -0.369 e. The smallest absolute Gasteiger partial charge is 0.248 e. The average molecular weight is 502 g/mol. The molecule has 0 unspecified atom stereocenters. The lowest BCUT2D eigenvalue weighted by Crippen LogP contribution is -2.51. The largest absolute Gasteiger partial charge is 0.369 e. The number of fused-ring (bicyclic) bond motifs is 3. The van der Waals surface area contributed by atoms with E-state index in [1.54, 1.807) is 22.3 Å². The maximum Gasteiger partial charge on any atom is 0.248 e. The van der Waals surface area contributed by atoms with Gasteiger partial charge in [-0.1, -0.05) is 6.42 Å². The Bertz CT molecular complexity index is 1390. The summed E-state index contributed by atoms with van der Waals surface area (Å²) >= 11 is 1.59. The van der Waals surface area contributed by atoms with Gasteiger partial charge in [0.1, 0.15) is 6.33 Å². The summed E-state index contributed by atoms with van der Waals surface area (Å²) in [6.45, 7) is 6.58. The van der Waals surface area contributed by atoms with Crippen LogP contribution in [0.3, 0.4) is 0 Å². The van der Waals surface area contributed by atoms with Gasteiger partial charge in [0.05, 0.1) is 10.2 Å². The van der Waals surface area contributed by atoms with Gasteiger partial charge in [-0.15, -0.1) is 16.4 Å². The van der Waals surface area contributed by atoms with E-state index >= 15 is 0 Å². The van der Waals surface area contributed by atoms with E-state index < -0.39 is 0 Å². The molecule has 1 saturated heterocycles. The van der Waals surface area contributed by atoms with Crippen LogP contribution in [-0.2, 0) is 0 Å². The number of aromatic nitrogens is 5. The number of thiophene rings is 1. The van der Waals surface area contributed by atoms with Crippen molar-refractivity contribution in [2.45, 2.75) is 38.6 Å². The van der Waals surface area contributed by atoms with Gasteiger partial charge in [-0.25, -0.2) is 9.97 Å². The molecule has 3 N–H and O–H groups in total. The van der Waals surface area contributed by atoms with Crippen molar-refractivity contribution in [3.63, 3.8) is 0 Å². The Morgan fingerprint density at radius 3 is 2.61 bits per heavy atom. The molecule has 36 heavy (non-hydrogen) atoms. The van der Waals surface area contributed by atoms with E-state index in [1.807, 2.05) is 6.92 Å². The van der Waals surface area contributed by atoms with Crippen molar-refractivity contribution < 1.29 is 0 Å². The van der Waals surface area contributed by atoms with E-state index in [1.165, 1.54) is 44.5 Å². The predicted molar refractivity (Wildman–Crippen MR) is 144 cm³/mol. The third kappa shape index (κ3) is 3.79. The number of anilines is 4. The highest BCUT2D eigenvalue weighted by Crippen LogP contribution is 2.46. The monoisotopic (exact) mass is 501 g/mol. The summed E-state index contributed by atoms with van der Waals surface area (Å²) in [5.41, 5.74) is 10.4. The highest BCUT2D eigenvalue weighted by molar-refractivity contribution is 7.17. The number of nitrogen functional groups attached to an aromatic ring is 1. The molecule has 3 fully saturated rings. The second-order valence-corrected chi connectivity index (χ2v) is 11.3. The number of hydrogen-bond acceptors (Lipinski definition) is 9. The van der Waals surface area contributed by atoms with Crippen molar-refractivity contribution >= 4 is 44.8 Å². The molecule has 186 valence electrons. The molecule has 3 atom stereocenters. The van der Waals surface area contributed by atoms with Crippen LogP contribution < -0.4 is 16.0 Å². The van der Waals surface area contributed by atoms with E-state index in [4.69, 9.17) is 5.73 Å². The van der Waals surface area contributed by atoms with Gasteiger partial charge in [-0.3, -0.25) is 4.90 Å². The molecule has 1 aromatic carbocycles. The molecule has 3 aliphatic rings. The van der Waals surface area contributed by atoms with E-state index in [-0.39, 0.29) is 5.95 Å². The predicted octanol–water partition coefficient (Wildman–Crippen LogP) is 4.22. The summed E-state index contributed by atoms with van der Waals surface area (Å²) in [6.07, 6.45) is 7.40. The summed E-state index contributed by atoms with van der Waals surface area (Å²) in [6, 6.07) is 9.37. The molecule has 1 aliphatic heterocycles. The minimum absolute atomic E-state index is 0.286. The molecule has 0 radical (unpaired) electrons. The summed E-state index contributed by atoms with van der Waals surface area (Å²) in [5.74, 6) is 3.35. The number of benzene rings is 1. The zero-order valence-corrected chi connectivity index (χ0v) is 21.3. The quantitative estimate of drug-likeness (QED) is 0.419. The Morgan fingerprint density at radius 2 is 1.86 bits per heavy atom. The molecule has 0 spiro atoms. The molecule has 9 nitrogen and oxygen atoms in total. The number of piperazine rings is 1. The third-order valence-electron chi connectivity index (χ3n) is 8.32. The van der Waals surface area contributed by atoms with Crippen LogP contribution in [0.25, 0.3) is 16.0 Å². The van der Waals surface area contributed by atoms with E-state index in [0.717, 1.165) is 52.4 Å². The first-order chi connectivity index (χ1) is 17.6. The van der Waals surface area contributed by atoms with Crippen molar-refractivity contribution in [2.24, 2.45) is 11.8 Å². The van der Waals surface area contributed by atoms with Gasteiger partial charge in [0, 0.05) is 43.6 Å². The highest BCUT2D eigenvalue weighted by Gasteiger charge is 2.42. The molecule has 2 bridgehead atoms. The summed E-state index contributed by atoms with van der Waals surface area (Å²) in [4.78, 5) is 18.5. The van der Waals surface area contributed by atoms with Crippen LogP contribution in [0.4, 0.5) is 23.3 Å². The first-order valence-corrected chi connectivity index (χ1v) is 13.8. The average Bonchev–Trinajstić information content (AvgIpc) is 3.70. The summed E-state index contributed by atoms with van der Waals surface area (Å²) < 4.78 is 2.52. The minimum atomic E-state index is 0.286. The first-order valence-electron chi connectivity index (χ1n) is 12.9. The number of aryl methyl sites for hydroxylation is 1. The number of nitrogens with two attached hydrogens (primary N) is 1. The molecule has 4 aromatic rings. The molecule has 2 aliphatic carbocycles. The second-order valence-electron chi connectivity index (χ2n) is 10.4. The number of nitrogens with zero attached hydrogens (tertiary/aromatic N) is 7. The molecule has 10 heteroatoms. The molecular weight excluding hydrogens is 470 g/mol. The van der Waals surface area contributed by atoms with E-state index in [2.05, 4.69) is 64.8 Å². The van der Waals surface area contributed by atoms with Crippen LogP contribution in [0.15, 0.2) is 36.0 Å². The van der Waals surface area contributed by atoms with Crippen LogP contribution in [0.2, 0.25) is 0 Å². The maximum absolute atomic E-state index is 6.21. The normalized spacial score (nSPS) is 24.1. The molecular formula is C26H31N9S. The number of nitrogens with one attached hydrogen (secondary N) is 1. The Hall–Kier alpha value is -3.24. The Morgan fingerprint density at radius 1 is 1.03 bits per heavy atom. The van der Waals surface area contributed by atoms with Gasteiger partial charge in [0.25, 0.3) is 0 Å². The molecule has 3 aromatic heterocycles. The SMILES string of the molecule is Cc1csc2c(-n3nc(Nc4ccc(N5CCN([C@H]6C[C@@H]7CC[C@H]6C7)CC5)cc4)nc3N)ncnc12. The van der Waals surface area contributed by atoms with Gasteiger partial charge in [-0.2, -0.15) is 9.67 Å². The Labute approximate surface area is 214 Å². The van der Waals surface area contributed by atoms with Crippen LogP contribution in [0.5, 0.6) is 0 Å². The maximum atomic E-state index is 6.21. The highest BCUT2D eigenvalue weighted by atomic mass is 32.1. The topological polar surface area (TPSA) is 101 Å². The zero-order valence-electron chi connectivity index (χ0n) is 20.5.